The first-order chi connectivity index (χ1) is 12.7. The molecule has 2 N–H and O–H groups in total. The van der Waals surface area contributed by atoms with Gasteiger partial charge in [-0.1, -0.05) is 24.3 Å². The van der Waals surface area contributed by atoms with E-state index in [4.69, 9.17) is 0 Å². The molecule has 27 heavy (non-hydrogen) atoms. The number of nitro benzene ring substituents is 1. The van der Waals surface area contributed by atoms with Crippen LogP contribution in [0.1, 0.15) is 5.56 Å². The van der Waals surface area contributed by atoms with Gasteiger partial charge < -0.3 is 5.11 Å². The largest absolute Gasteiger partial charge is 0.506 e. The molecule has 0 bridgehead atoms. The minimum Gasteiger partial charge on any atom is -0.506 e. The lowest BCUT2D eigenvalue weighted by molar-refractivity contribution is -0.385. The third-order valence-electron chi connectivity index (χ3n) is 3.97. The van der Waals surface area contributed by atoms with E-state index in [0.29, 0.717) is 5.39 Å². The van der Waals surface area contributed by atoms with Gasteiger partial charge in [0.05, 0.1) is 16.2 Å². The predicted molar refractivity (Wildman–Crippen MR) is 97.4 cm³/mol. The second-order valence-electron chi connectivity index (χ2n) is 5.64. The molecule has 0 fully saturated rings. The summed E-state index contributed by atoms with van der Waals surface area (Å²) in [7, 11) is -4.58. The maximum atomic E-state index is 11.7. The molecule has 0 unspecified atom stereocenters. The van der Waals surface area contributed by atoms with Crippen molar-refractivity contribution < 1.29 is 23.0 Å². The molecule has 3 aromatic carbocycles. The molecule has 0 radical (unpaired) electrons. The van der Waals surface area contributed by atoms with Crippen molar-refractivity contribution in [3.8, 4) is 5.75 Å². The number of benzene rings is 3. The normalized spacial score (nSPS) is 11.9. The molecule has 0 saturated carbocycles. The molecule has 0 amide bonds. The van der Waals surface area contributed by atoms with E-state index >= 15 is 0 Å². The molecule has 0 saturated heterocycles. The van der Waals surface area contributed by atoms with Crippen molar-refractivity contribution in [2.75, 3.05) is 0 Å². The molecule has 138 valence electrons. The minimum absolute atomic E-state index is 0.00756. The molecule has 0 aliphatic rings. The first-order valence-electron chi connectivity index (χ1n) is 7.58. The smallest absolute Gasteiger partial charge is 0.295 e. The summed E-state index contributed by atoms with van der Waals surface area (Å²) in [6.07, 6.45) is 0. The fraction of sp³-hybridized carbons (Fsp3) is 0.0588. The number of nitro groups is 1. The van der Waals surface area contributed by atoms with E-state index in [1.807, 2.05) is 0 Å². The monoisotopic (exact) mass is 387 g/mol. The average molecular weight is 387 g/mol. The molecular formula is C17H13N3O6S. The third kappa shape index (κ3) is 3.48. The molecule has 0 atom stereocenters. The second-order valence-corrected chi connectivity index (χ2v) is 7.03. The van der Waals surface area contributed by atoms with Gasteiger partial charge in [0.2, 0.25) is 0 Å². The SMILES string of the molecule is Cc1c(N=Nc2c(O)ccc3cccc(S(=O)(=O)O)c23)cccc1[N+](=O)[O-]. The van der Waals surface area contributed by atoms with Gasteiger partial charge in [0.15, 0.2) is 0 Å². The maximum absolute atomic E-state index is 11.7. The number of hydrogen-bond acceptors (Lipinski definition) is 7. The van der Waals surface area contributed by atoms with Gasteiger partial charge in [-0.15, -0.1) is 10.2 Å². The first kappa shape index (κ1) is 18.4. The fourth-order valence-corrected chi connectivity index (χ4v) is 3.38. The van der Waals surface area contributed by atoms with Crippen LogP contribution < -0.4 is 0 Å². The Kier molecular flexibility index (Phi) is 4.60. The molecule has 3 rings (SSSR count). The van der Waals surface area contributed by atoms with Crippen LogP contribution in [0, 0.1) is 17.0 Å². The van der Waals surface area contributed by atoms with Crippen molar-refractivity contribution in [2.45, 2.75) is 11.8 Å². The van der Waals surface area contributed by atoms with Crippen molar-refractivity contribution in [3.05, 3.63) is 64.2 Å². The Balaban J connectivity index is 2.24. The Morgan fingerprint density at radius 3 is 2.41 bits per heavy atom. The standard InChI is InChI=1S/C17H13N3O6S/c1-10-12(5-3-6-13(10)20(22)23)18-19-17-14(21)9-8-11-4-2-7-15(16(11)17)27(24,25)26/h2-9,21H,1H3,(H,24,25,26). The zero-order valence-corrected chi connectivity index (χ0v) is 14.7. The van der Waals surface area contributed by atoms with Crippen molar-refractivity contribution in [1.82, 2.24) is 0 Å². The second kappa shape index (κ2) is 6.74. The highest BCUT2D eigenvalue weighted by Gasteiger charge is 2.19. The number of azo groups is 1. The van der Waals surface area contributed by atoms with E-state index in [2.05, 4.69) is 10.2 Å². The number of nitrogens with zero attached hydrogens (tertiary/aromatic N) is 3. The summed E-state index contributed by atoms with van der Waals surface area (Å²) in [5.74, 6) is -0.356. The number of hydrogen-bond donors (Lipinski definition) is 2. The lowest BCUT2D eigenvalue weighted by Gasteiger charge is -2.08. The Bertz CT molecular complexity index is 1200. The number of fused-ring (bicyclic) bond motifs is 1. The summed E-state index contributed by atoms with van der Waals surface area (Å²) >= 11 is 0. The predicted octanol–water partition coefficient (Wildman–Crippen LogP) is 4.42. The lowest BCUT2D eigenvalue weighted by atomic mass is 10.1. The average Bonchev–Trinajstić information content (AvgIpc) is 2.60. The Labute approximate surface area is 153 Å². The Hall–Kier alpha value is -3.37. The van der Waals surface area contributed by atoms with E-state index in [-0.39, 0.29) is 33.8 Å². The highest BCUT2D eigenvalue weighted by Crippen LogP contribution is 2.40. The van der Waals surface area contributed by atoms with Crippen LogP contribution in [0.3, 0.4) is 0 Å². The third-order valence-corrected chi connectivity index (χ3v) is 4.86. The van der Waals surface area contributed by atoms with E-state index < -0.39 is 19.9 Å². The van der Waals surface area contributed by atoms with Crippen LogP contribution in [0.2, 0.25) is 0 Å². The molecule has 0 aliphatic carbocycles. The number of rotatable bonds is 4. The summed E-state index contributed by atoms with van der Waals surface area (Å²) < 4.78 is 32.8. The molecule has 10 heteroatoms. The first-order valence-corrected chi connectivity index (χ1v) is 9.02. The summed E-state index contributed by atoms with van der Waals surface area (Å²) in [6, 6.07) is 11.2. The van der Waals surface area contributed by atoms with Crippen LogP contribution in [0.5, 0.6) is 5.75 Å². The van der Waals surface area contributed by atoms with E-state index in [1.165, 1.54) is 49.4 Å². The minimum atomic E-state index is -4.58. The van der Waals surface area contributed by atoms with E-state index in [1.54, 1.807) is 6.07 Å². The summed E-state index contributed by atoms with van der Waals surface area (Å²) in [4.78, 5) is 10.0. The van der Waals surface area contributed by atoms with Gasteiger partial charge >= 0.3 is 0 Å². The van der Waals surface area contributed by atoms with Crippen molar-refractivity contribution in [1.29, 1.82) is 0 Å². The van der Waals surface area contributed by atoms with Crippen LogP contribution in [-0.2, 0) is 10.1 Å². The highest BCUT2D eigenvalue weighted by molar-refractivity contribution is 7.86. The van der Waals surface area contributed by atoms with Gasteiger partial charge in [0.1, 0.15) is 16.3 Å². The van der Waals surface area contributed by atoms with E-state index in [9.17, 15) is 28.2 Å². The van der Waals surface area contributed by atoms with Gasteiger partial charge in [-0.3, -0.25) is 14.7 Å². The van der Waals surface area contributed by atoms with Crippen LogP contribution >= 0.6 is 0 Å². The van der Waals surface area contributed by atoms with Gasteiger partial charge in [0.25, 0.3) is 15.8 Å². The van der Waals surface area contributed by atoms with Gasteiger partial charge in [-0.05, 0) is 30.5 Å². The number of phenols is 1. The van der Waals surface area contributed by atoms with Crippen molar-refractivity contribution in [2.24, 2.45) is 10.2 Å². The molecule has 9 nitrogen and oxygen atoms in total. The fourth-order valence-electron chi connectivity index (χ4n) is 2.65. The molecule has 3 aromatic rings. The summed E-state index contributed by atoms with van der Waals surface area (Å²) in [5, 5.41) is 29.4. The topological polar surface area (TPSA) is 142 Å². The molecule has 0 aliphatic heterocycles. The lowest BCUT2D eigenvalue weighted by Crippen LogP contribution is -1.99. The molecule has 0 heterocycles. The molecular weight excluding hydrogens is 374 g/mol. The zero-order valence-electron chi connectivity index (χ0n) is 13.9. The van der Waals surface area contributed by atoms with Crippen LogP contribution in [-0.4, -0.2) is 23.0 Å². The Morgan fingerprint density at radius 2 is 1.74 bits per heavy atom. The maximum Gasteiger partial charge on any atom is 0.295 e. The summed E-state index contributed by atoms with van der Waals surface area (Å²) in [5.41, 5.74) is 0.129. The van der Waals surface area contributed by atoms with Crippen molar-refractivity contribution >= 4 is 38.0 Å². The van der Waals surface area contributed by atoms with Gasteiger partial charge in [0, 0.05) is 11.5 Å². The Morgan fingerprint density at radius 1 is 1.04 bits per heavy atom. The van der Waals surface area contributed by atoms with Crippen LogP contribution in [0.4, 0.5) is 17.1 Å². The van der Waals surface area contributed by atoms with Crippen LogP contribution in [0.15, 0.2) is 63.7 Å². The molecule has 0 aromatic heterocycles. The van der Waals surface area contributed by atoms with E-state index in [0.717, 1.165) is 0 Å². The molecule has 0 spiro atoms. The van der Waals surface area contributed by atoms with Crippen LogP contribution in [0.25, 0.3) is 10.8 Å². The summed E-state index contributed by atoms with van der Waals surface area (Å²) in [6.45, 7) is 1.50. The number of aromatic hydroxyl groups is 1. The quantitative estimate of drug-likeness (QED) is 0.293. The van der Waals surface area contributed by atoms with Gasteiger partial charge in [-0.25, -0.2) is 0 Å². The van der Waals surface area contributed by atoms with Crippen molar-refractivity contribution in [3.63, 3.8) is 0 Å². The highest BCUT2D eigenvalue weighted by atomic mass is 32.2. The van der Waals surface area contributed by atoms with Gasteiger partial charge in [-0.2, -0.15) is 8.42 Å². The number of phenolic OH excluding ortho intramolecular Hbond substituents is 1. The zero-order chi connectivity index (χ0) is 19.8.